The molecule has 6 nitrogen and oxygen atoms in total. The van der Waals surface area contributed by atoms with Gasteiger partial charge in [0.2, 0.25) is 0 Å². The number of nitrogens with one attached hydrogen (secondary N) is 1. The second-order valence-corrected chi connectivity index (χ2v) is 9.50. The molecule has 7 heteroatoms. The van der Waals surface area contributed by atoms with Crippen LogP contribution in [0.15, 0.2) is 97.2 Å². The SMILES string of the molecule is CCc1ccc(NC(=O)N2Cc3c(C)nn(-c4ccccc4)c3-n3cccc3[C@@H]2c2cccc(F)c2)cc1. The van der Waals surface area contributed by atoms with Crippen LogP contribution in [-0.2, 0) is 13.0 Å². The van der Waals surface area contributed by atoms with E-state index in [9.17, 15) is 9.18 Å². The Morgan fingerprint density at radius 2 is 1.79 bits per heavy atom. The summed E-state index contributed by atoms with van der Waals surface area (Å²) >= 11 is 0. The smallest absolute Gasteiger partial charge is 0.308 e. The van der Waals surface area contributed by atoms with Crippen molar-refractivity contribution < 1.29 is 9.18 Å². The van der Waals surface area contributed by atoms with Crippen LogP contribution in [-0.4, -0.2) is 25.3 Å². The minimum absolute atomic E-state index is 0.268. The van der Waals surface area contributed by atoms with Crippen molar-refractivity contribution in [3.05, 3.63) is 131 Å². The fraction of sp³-hybridized carbons (Fsp3) is 0.161. The van der Waals surface area contributed by atoms with E-state index < -0.39 is 6.04 Å². The number of rotatable bonds is 4. The van der Waals surface area contributed by atoms with E-state index in [1.807, 2.05) is 90.6 Å². The van der Waals surface area contributed by atoms with Gasteiger partial charge in [-0.2, -0.15) is 5.10 Å². The first-order valence-corrected chi connectivity index (χ1v) is 12.8. The molecule has 3 aromatic carbocycles. The number of hydrogen-bond acceptors (Lipinski definition) is 2. The molecular weight excluding hydrogens is 477 g/mol. The van der Waals surface area contributed by atoms with Gasteiger partial charge in [0, 0.05) is 17.4 Å². The first-order chi connectivity index (χ1) is 18.5. The average Bonchev–Trinajstić information content (AvgIpc) is 3.50. The Kier molecular flexibility index (Phi) is 6.04. The van der Waals surface area contributed by atoms with Gasteiger partial charge in [0.1, 0.15) is 11.6 Å². The molecule has 0 fully saturated rings. The molecule has 1 aliphatic heterocycles. The van der Waals surface area contributed by atoms with Crippen LogP contribution < -0.4 is 5.32 Å². The maximum atomic E-state index is 14.5. The van der Waals surface area contributed by atoms with Crippen LogP contribution >= 0.6 is 0 Å². The largest absolute Gasteiger partial charge is 0.322 e. The Bertz CT molecular complexity index is 1600. The molecule has 0 saturated heterocycles. The Labute approximate surface area is 221 Å². The van der Waals surface area contributed by atoms with Crippen LogP contribution in [0.2, 0.25) is 0 Å². The zero-order chi connectivity index (χ0) is 26.2. The van der Waals surface area contributed by atoms with Crippen LogP contribution in [0, 0.1) is 12.7 Å². The Morgan fingerprint density at radius 3 is 2.53 bits per heavy atom. The highest BCUT2D eigenvalue weighted by atomic mass is 19.1. The number of halogens is 1. The monoisotopic (exact) mass is 505 g/mol. The Morgan fingerprint density at radius 1 is 1.00 bits per heavy atom. The lowest BCUT2D eigenvalue weighted by atomic mass is 10.0. The number of nitrogens with zero attached hydrogens (tertiary/aromatic N) is 4. The van der Waals surface area contributed by atoms with E-state index in [0.29, 0.717) is 17.8 Å². The summed E-state index contributed by atoms with van der Waals surface area (Å²) < 4.78 is 18.5. The van der Waals surface area contributed by atoms with Crippen molar-refractivity contribution in [1.82, 2.24) is 19.2 Å². The lowest BCUT2D eigenvalue weighted by molar-refractivity contribution is 0.194. The lowest BCUT2D eigenvalue weighted by Gasteiger charge is -2.31. The summed E-state index contributed by atoms with van der Waals surface area (Å²) in [6.07, 6.45) is 2.90. The van der Waals surface area contributed by atoms with Crippen LogP contribution in [0.4, 0.5) is 14.9 Å². The van der Waals surface area contributed by atoms with Gasteiger partial charge in [-0.3, -0.25) is 0 Å². The molecule has 6 rings (SSSR count). The van der Waals surface area contributed by atoms with Crippen molar-refractivity contribution in [3.8, 4) is 11.5 Å². The fourth-order valence-corrected chi connectivity index (χ4v) is 5.20. The van der Waals surface area contributed by atoms with Crippen molar-refractivity contribution >= 4 is 11.7 Å². The Balaban J connectivity index is 1.51. The van der Waals surface area contributed by atoms with Gasteiger partial charge >= 0.3 is 6.03 Å². The topological polar surface area (TPSA) is 55.1 Å². The number of amides is 2. The number of carbonyl (C=O) groups is 1. The van der Waals surface area contributed by atoms with Gasteiger partial charge in [-0.15, -0.1) is 0 Å². The Hall–Kier alpha value is -4.65. The first-order valence-electron chi connectivity index (χ1n) is 12.8. The quantitative estimate of drug-likeness (QED) is 0.292. The number of carbonyl (C=O) groups excluding carboxylic acids is 1. The molecule has 0 bridgehead atoms. The molecule has 0 saturated carbocycles. The highest BCUT2D eigenvalue weighted by molar-refractivity contribution is 5.90. The maximum absolute atomic E-state index is 14.5. The molecule has 38 heavy (non-hydrogen) atoms. The number of anilines is 1. The van der Waals surface area contributed by atoms with E-state index >= 15 is 0 Å². The minimum Gasteiger partial charge on any atom is -0.308 e. The molecule has 0 aliphatic carbocycles. The van der Waals surface area contributed by atoms with Crippen LogP contribution in [0.25, 0.3) is 11.5 Å². The predicted molar refractivity (Wildman–Crippen MR) is 146 cm³/mol. The summed E-state index contributed by atoms with van der Waals surface area (Å²) in [6, 6.07) is 27.4. The summed E-state index contributed by atoms with van der Waals surface area (Å²) in [6.45, 7) is 4.36. The van der Waals surface area contributed by atoms with E-state index in [0.717, 1.165) is 34.9 Å². The van der Waals surface area contributed by atoms with E-state index in [2.05, 4.69) is 16.8 Å². The number of fused-ring (bicyclic) bond motifs is 3. The van der Waals surface area contributed by atoms with Gasteiger partial charge in [-0.25, -0.2) is 13.9 Å². The van der Waals surface area contributed by atoms with Gasteiger partial charge in [-0.05, 0) is 73.0 Å². The second kappa shape index (κ2) is 9.67. The van der Waals surface area contributed by atoms with E-state index in [1.54, 1.807) is 11.0 Å². The number of hydrogen-bond donors (Lipinski definition) is 1. The molecule has 190 valence electrons. The molecule has 3 heterocycles. The van der Waals surface area contributed by atoms with Gasteiger partial charge < -0.3 is 14.8 Å². The fourth-order valence-electron chi connectivity index (χ4n) is 5.20. The molecule has 0 unspecified atom stereocenters. The van der Waals surface area contributed by atoms with E-state index in [4.69, 9.17) is 5.10 Å². The summed E-state index contributed by atoms with van der Waals surface area (Å²) in [5, 5.41) is 7.94. The van der Waals surface area contributed by atoms with Gasteiger partial charge in [0.25, 0.3) is 0 Å². The minimum atomic E-state index is -0.522. The normalized spacial score (nSPS) is 14.5. The number of benzene rings is 3. The third-order valence-corrected chi connectivity index (χ3v) is 7.13. The molecular formula is C31H28FN5O. The first kappa shape index (κ1) is 23.7. The third-order valence-electron chi connectivity index (χ3n) is 7.13. The average molecular weight is 506 g/mol. The van der Waals surface area contributed by atoms with Crippen LogP contribution in [0.5, 0.6) is 0 Å². The standard InChI is InChI=1S/C31H28FN5O/c1-3-22-14-16-25(17-15-22)33-31(38)36-20-27-21(2)34-37(26-11-5-4-6-12-26)30(27)35-18-8-13-28(35)29(36)23-9-7-10-24(32)19-23/h4-19,29H,3,20H2,1-2H3,(H,33,38)/t29-/m0/s1. The number of aryl methyl sites for hydroxylation is 2. The predicted octanol–water partition coefficient (Wildman–Crippen LogP) is 6.81. The molecule has 0 spiro atoms. The molecule has 5 aromatic rings. The van der Waals surface area contributed by atoms with Gasteiger partial charge in [0.05, 0.1) is 29.7 Å². The summed E-state index contributed by atoms with van der Waals surface area (Å²) in [7, 11) is 0. The molecule has 0 radical (unpaired) electrons. The number of aromatic nitrogens is 3. The van der Waals surface area contributed by atoms with E-state index in [1.165, 1.54) is 17.7 Å². The summed E-state index contributed by atoms with van der Waals surface area (Å²) in [5.41, 5.74) is 6.14. The number of urea groups is 1. The highest BCUT2D eigenvalue weighted by Gasteiger charge is 2.36. The highest BCUT2D eigenvalue weighted by Crippen LogP contribution is 2.38. The number of para-hydroxylation sites is 1. The van der Waals surface area contributed by atoms with Crippen LogP contribution in [0.3, 0.4) is 0 Å². The van der Waals surface area contributed by atoms with Crippen molar-refractivity contribution in [3.63, 3.8) is 0 Å². The maximum Gasteiger partial charge on any atom is 0.322 e. The van der Waals surface area contributed by atoms with Crippen molar-refractivity contribution in [2.75, 3.05) is 5.32 Å². The van der Waals surface area contributed by atoms with Crippen molar-refractivity contribution in [1.29, 1.82) is 0 Å². The van der Waals surface area contributed by atoms with Crippen LogP contribution in [0.1, 0.15) is 41.0 Å². The summed E-state index contributed by atoms with van der Waals surface area (Å²) in [5.74, 6) is 0.530. The summed E-state index contributed by atoms with van der Waals surface area (Å²) in [4.78, 5) is 15.7. The second-order valence-electron chi connectivity index (χ2n) is 9.50. The van der Waals surface area contributed by atoms with E-state index in [-0.39, 0.29) is 11.8 Å². The molecule has 1 aliphatic rings. The zero-order valence-corrected chi connectivity index (χ0v) is 21.3. The van der Waals surface area contributed by atoms with Gasteiger partial charge in [0.15, 0.2) is 0 Å². The lowest BCUT2D eigenvalue weighted by Crippen LogP contribution is -2.38. The molecule has 1 N–H and O–H groups in total. The third kappa shape index (κ3) is 4.16. The molecule has 2 aromatic heterocycles. The molecule has 1 atom stereocenters. The molecule has 2 amide bonds. The van der Waals surface area contributed by atoms with Gasteiger partial charge in [-0.1, -0.05) is 49.4 Å². The van der Waals surface area contributed by atoms with Crippen molar-refractivity contribution in [2.24, 2.45) is 0 Å². The van der Waals surface area contributed by atoms with Crippen molar-refractivity contribution in [2.45, 2.75) is 32.9 Å². The zero-order valence-electron chi connectivity index (χ0n) is 21.3.